The minimum Gasteiger partial charge on any atom is -0.457 e. The Bertz CT molecular complexity index is 951. The average molecular weight is 422 g/mol. The molecule has 2 aromatic rings. The van der Waals surface area contributed by atoms with Gasteiger partial charge in [-0.3, -0.25) is 14.8 Å². The van der Waals surface area contributed by atoms with Crippen LogP contribution in [0.2, 0.25) is 0 Å². The number of carbonyl (C=O) groups excluding carboxylic acids is 1. The van der Waals surface area contributed by atoms with Gasteiger partial charge in [0.05, 0.1) is 24.8 Å². The first-order valence-corrected chi connectivity index (χ1v) is 11.4. The van der Waals surface area contributed by atoms with E-state index in [0.717, 1.165) is 37.1 Å². The summed E-state index contributed by atoms with van der Waals surface area (Å²) in [6.45, 7) is 7.75. The summed E-state index contributed by atoms with van der Waals surface area (Å²) in [5, 5.41) is 0. The summed E-state index contributed by atoms with van der Waals surface area (Å²) in [7, 11) is 0. The van der Waals surface area contributed by atoms with Crippen LogP contribution >= 0.6 is 0 Å². The Morgan fingerprint density at radius 1 is 1.06 bits per heavy atom. The van der Waals surface area contributed by atoms with Gasteiger partial charge < -0.3 is 9.64 Å². The minimum atomic E-state index is -0.0736. The molecule has 1 saturated carbocycles. The number of fused-ring (bicyclic) bond motifs is 1. The monoisotopic (exact) mass is 421 g/mol. The molecule has 0 aromatic carbocycles. The van der Waals surface area contributed by atoms with Gasteiger partial charge in [-0.05, 0) is 55.2 Å². The summed E-state index contributed by atoms with van der Waals surface area (Å²) in [5.41, 5.74) is 2.69. The van der Waals surface area contributed by atoms with Crippen molar-refractivity contribution in [3.05, 3.63) is 47.7 Å². The third-order valence-corrected chi connectivity index (χ3v) is 6.68. The van der Waals surface area contributed by atoms with Crippen LogP contribution in [0, 0.1) is 0 Å². The number of amides is 1. The molecule has 0 radical (unpaired) electrons. The molecule has 0 bridgehead atoms. The van der Waals surface area contributed by atoms with Gasteiger partial charge in [0.25, 0.3) is 5.91 Å². The van der Waals surface area contributed by atoms with Crippen molar-refractivity contribution in [3.8, 4) is 5.88 Å². The molecule has 7 nitrogen and oxygen atoms in total. The first kappa shape index (κ1) is 20.4. The van der Waals surface area contributed by atoms with Crippen LogP contribution in [0.5, 0.6) is 5.88 Å². The van der Waals surface area contributed by atoms with E-state index in [4.69, 9.17) is 4.74 Å². The van der Waals surface area contributed by atoms with Crippen LogP contribution in [-0.2, 0) is 5.41 Å². The third-order valence-electron chi connectivity index (χ3n) is 6.68. The normalized spacial score (nSPS) is 24.2. The van der Waals surface area contributed by atoms with Crippen LogP contribution < -0.4 is 4.74 Å². The first-order chi connectivity index (χ1) is 14.9. The van der Waals surface area contributed by atoms with E-state index in [-0.39, 0.29) is 17.6 Å². The number of carbonyl (C=O) groups is 1. The molecule has 0 spiro atoms. The lowest BCUT2D eigenvalue weighted by molar-refractivity contribution is -0.0267. The molecule has 2 atom stereocenters. The summed E-state index contributed by atoms with van der Waals surface area (Å²) >= 11 is 0. The van der Waals surface area contributed by atoms with Gasteiger partial charge in [0.2, 0.25) is 5.88 Å². The average Bonchev–Trinajstić information content (AvgIpc) is 3.55. The second kappa shape index (κ2) is 7.86. The van der Waals surface area contributed by atoms with E-state index in [1.165, 1.54) is 12.8 Å². The van der Waals surface area contributed by atoms with Crippen molar-refractivity contribution in [2.45, 2.75) is 76.5 Å². The highest BCUT2D eigenvalue weighted by atomic mass is 16.5. The van der Waals surface area contributed by atoms with Crippen LogP contribution in [0.1, 0.15) is 80.5 Å². The number of rotatable bonds is 4. The number of nitrogens with zero attached hydrogens (tertiary/aromatic N) is 5. The molecule has 4 heterocycles. The van der Waals surface area contributed by atoms with Crippen LogP contribution in [0.25, 0.3) is 0 Å². The fourth-order valence-corrected chi connectivity index (χ4v) is 4.58. The van der Waals surface area contributed by atoms with Gasteiger partial charge in [-0.2, -0.15) is 0 Å². The maximum absolute atomic E-state index is 13.2. The summed E-state index contributed by atoms with van der Waals surface area (Å²) in [6.07, 6.45) is 10.7. The van der Waals surface area contributed by atoms with Crippen LogP contribution in [0.3, 0.4) is 0 Å². The molecule has 2 aromatic heterocycles. The fraction of sp³-hybridized carbons (Fsp3) is 0.583. The van der Waals surface area contributed by atoms with Crippen LogP contribution in [0.15, 0.2) is 30.7 Å². The maximum atomic E-state index is 13.2. The number of hydrogen-bond donors (Lipinski definition) is 0. The van der Waals surface area contributed by atoms with Crippen molar-refractivity contribution in [1.29, 1.82) is 0 Å². The molecule has 2 saturated heterocycles. The van der Waals surface area contributed by atoms with Crippen molar-refractivity contribution in [2.75, 3.05) is 13.2 Å². The van der Waals surface area contributed by atoms with Gasteiger partial charge in [-0.25, -0.2) is 9.88 Å². The Morgan fingerprint density at radius 3 is 2.61 bits per heavy atom. The molecular weight excluding hydrogens is 390 g/mol. The highest BCUT2D eigenvalue weighted by molar-refractivity contribution is 5.92. The fourth-order valence-electron chi connectivity index (χ4n) is 4.58. The molecule has 31 heavy (non-hydrogen) atoms. The Labute approximate surface area is 183 Å². The number of pyridine rings is 1. The zero-order chi connectivity index (χ0) is 21.6. The molecule has 3 aliphatic rings. The SMILES string of the molecule is CC(C)(C)c1ccnc(C(=O)N2CC[C@@H]3CC[C@H](Oc4cnc(C5CC5)cn4)N3C2)c1. The quantitative estimate of drug-likeness (QED) is 0.749. The second-order valence-electron chi connectivity index (χ2n) is 10.1. The lowest BCUT2D eigenvalue weighted by Gasteiger charge is -2.39. The molecule has 3 fully saturated rings. The number of aromatic nitrogens is 3. The van der Waals surface area contributed by atoms with Gasteiger partial charge in [-0.1, -0.05) is 20.8 Å². The highest BCUT2D eigenvalue weighted by Gasteiger charge is 2.40. The van der Waals surface area contributed by atoms with E-state index in [1.807, 2.05) is 23.2 Å². The minimum absolute atomic E-state index is 0.0104. The number of ether oxygens (including phenoxy) is 1. The topological polar surface area (TPSA) is 71.5 Å². The standard InChI is InChI=1S/C24H31N5O2/c1-24(2,3)17-8-10-25-19(12-17)23(30)28-11-9-18-6-7-22(29(18)15-28)31-21-14-26-20(13-27-21)16-4-5-16/h8,10,12-14,16,18,22H,4-7,9,11,15H2,1-3H3/t18-,22-/m0/s1. The van der Waals surface area contributed by atoms with Gasteiger partial charge >= 0.3 is 0 Å². The molecule has 1 aliphatic carbocycles. The molecule has 7 heteroatoms. The molecule has 0 unspecified atom stereocenters. The van der Waals surface area contributed by atoms with Gasteiger partial charge in [0.1, 0.15) is 5.69 Å². The van der Waals surface area contributed by atoms with Crippen LogP contribution in [0.4, 0.5) is 0 Å². The molecule has 5 rings (SSSR count). The number of hydrogen-bond acceptors (Lipinski definition) is 6. The first-order valence-electron chi connectivity index (χ1n) is 11.4. The van der Waals surface area contributed by atoms with E-state index < -0.39 is 0 Å². The molecule has 2 aliphatic heterocycles. The Balaban J connectivity index is 1.27. The van der Waals surface area contributed by atoms with Crippen molar-refractivity contribution in [1.82, 2.24) is 24.8 Å². The Morgan fingerprint density at radius 2 is 1.90 bits per heavy atom. The molecule has 1 amide bonds. The van der Waals surface area contributed by atoms with E-state index >= 15 is 0 Å². The molecule has 0 N–H and O–H groups in total. The summed E-state index contributed by atoms with van der Waals surface area (Å²) in [5.74, 6) is 1.14. The summed E-state index contributed by atoms with van der Waals surface area (Å²) in [4.78, 5) is 30.8. The second-order valence-corrected chi connectivity index (χ2v) is 10.1. The van der Waals surface area contributed by atoms with E-state index in [2.05, 4.69) is 40.6 Å². The Kier molecular flexibility index (Phi) is 5.16. The third kappa shape index (κ3) is 4.28. The molecule has 164 valence electrons. The van der Waals surface area contributed by atoms with Gasteiger partial charge in [0, 0.05) is 24.7 Å². The van der Waals surface area contributed by atoms with Crippen LogP contribution in [-0.4, -0.2) is 56.1 Å². The maximum Gasteiger partial charge on any atom is 0.273 e. The lowest BCUT2D eigenvalue weighted by atomic mass is 9.87. The Hall–Kier alpha value is -2.54. The smallest absolute Gasteiger partial charge is 0.273 e. The van der Waals surface area contributed by atoms with Crippen molar-refractivity contribution >= 4 is 5.91 Å². The van der Waals surface area contributed by atoms with Crippen molar-refractivity contribution in [3.63, 3.8) is 0 Å². The van der Waals surface area contributed by atoms with Gasteiger partial charge in [-0.15, -0.1) is 0 Å². The van der Waals surface area contributed by atoms with E-state index in [1.54, 1.807) is 12.4 Å². The zero-order valence-corrected chi connectivity index (χ0v) is 18.6. The molecular formula is C24H31N5O2. The predicted molar refractivity (Wildman–Crippen MR) is 117 cm³/mol. The predicted octanol–water partition coefficient (Wildman–Crippen LogP) is 3.72. The van der Waals surface area contributed by atoms with E-state index in [9.17, 15) is 4.79 Å². The summed E-state index contributed by atoms with van der Waals surface area (Å²) < 4.78 is 6.20. The van der Waals surface area contributed by atoms with Crippen molar-refractivity contribution in [2.24, 2.45) is 0 Å². The van der Waals surface area contributed by atoms with E-state index in [0.29, 0.717) is 30.2 Å². The van der Waals surface area contributed by atoms with Gasteiger partial charge in [0.15, 0.2) is 6.23 Å². The lowest BCUT2D eigenvalue weighted by Crippen LogP contribution is -2.53. The van der Waals surface area contributed by atoms with Crippen molar-refractivity contribution < 1.29 is 9.53 Å². The highest BCUT2D eigenvalue weighted by Crippen LogP contribution is 2.39. The largest absolute Gasteiger partial charge is 0.457 e. The summed E-state index contributed by atoms with van der Waals surface area (Å²) in [6, 6.07) is 4.37. The zero-order valence-electron chi connectivity index (χ0n) is 18.6.